The summed E-state index contributed by atoms with van der Waals surface area (Å²) in [5, 5.41) is 6.32. The van der Waals surface area contributed by atoms with Crippen molar-refractivity contribution < 1.29 is 4.79 Å². The summed E-state index contributed by atoms with van der Waals surface area (Å²) < 4.78 is 0. The van der Waals surface area contributed by atoms with E-state index in [1.807, 2.05) is 19.4 Å². The molecular weight excluding hydrogens is 330 g/mol. The number of hydrogen-bond donors (Lipinski definition) is 2. The van der Waals surface area contributed by atoms with Crippen molar-refractivity contribution in [2.24, 2.45) is 0 Å². The van der Waals surface area contributed by atoms with Gasteiger partial charge in [-0.25, -0.2) is 4.98 Å². The van der Waals surface area contributed by atoms with E-state index in [4.69, 9.17) is 0 Å². The predicted octanol–water partition coefficient (Wildman–Crippen LogP) is 3.47. The summed E-state index contributed by atoms with van der Waals surface area (Å²) in [6, 6.07) is 8.37. The van der Waals surface area contributed by atoms with E-state index in [1.165, 1.54) is 10.4 Å². The van der Waals surface area contributed by atoms with Crippen molar-refractivity contribution in [3.63, 3.8) is 0 Å². The average molecular weight is 352 g/mol. The molecule has 2 unspecified atom stereocenters. The quantitative estimate of drug-likeness (QED) is 0.886. The van der Waals surface area contributed by atoms with E-state index in [2.05, 4.69) is 39.9 Å². The van der Waals surface area contributed by atoms with Gasteiger partial charge in [0.1, 0.15) is 0 Å². The molecule has 124 valence electrons. The topological polar surface area (TPSA) is 54.0 Å². The minimum absolute atomic E-state index is 0. The Bertz CT molecular complexity index is 650. The number of carbonyl (C=O) groups excluding carboxylic acids is 1. The molecule has 6 heteroatoms. The summed E-state index contributed by atoms with van der Waals surface area (Å²) in [7, 11) is 0. The SMILES string of the molecule is Cc1ncsc1-c1ccc(C(C)NC(=O)C2CCCN2)cc1.Cl. The third-order valence-electron chi connectivity index (χ3n) is 4.15. The zero-order chi connectivity index (χ0) is 15.5. The number of aryl methyl sites for hydroxylation is 1. The highest BCUT2D eigenvalue weighted by Crippen LogP contribution is 2.28. The van der Waals surface area contributed by atoms with Gasteiger partial charge in [-0.1, -0.05) is 24.3 Å². The van der Waals surface area contributed by atoms with Gasteiger partial charge in [-0.05, 0) is 44.4 Å². The first-order chi connectivity index (χ1) is 10.6. The van der Waals surface area contributed by atoms with Crippen molar-refractivity contribution in [1.29, 1.82) is 0 Å². The van der Waals surface area contributed by atoms with Crippen LogP contribution < -0.4 is 10.6 Å². The largest absolute Gasteiger partial charge is 0.348 e. The molecule has 0 aliphatic carbocycles. The summed E-state index contributed by atoms with van der Waals surface area (Å²) in [5.41, 5.74) is 5.24. The average Bonchev–Trinajstić information content (AvgIpc) is 3.18. The predicted molar refractivity (Wildman–Crippen MR) is 97.1 cm³/mol. The Hall–Kier alpha value is -1.43. The lowest BCUT2D eigenvalue weighted by Gasteiger charge is -2.18. The van der Waals surface area contributed by atoms with Crippen LogP contribution in [0.1, 0.15) is 37.1 Å². The number of hydrogen-bond acceptors (Lipinski definition) is 4. The van der Waals surface area contributed by atoms with Crippen molar-refractivity contribution in [3.05, 3.63) is 41.0 Å². The summed E-state index contributed by atoms with van der Waals surface area (Å²) in [6.07, 6.45) is 2.01. The molecule has 1 aromatic heterocycles. The smallest absolute Gasteiger partial charge is 0.237 e. The molecular formula is C17H22ClN3OS. The Morgan fingerprint density at radius 1 is 1.39 bits per heavy atom. The van der Waals surface area contributed by atoms with Crippen LogP contribution in [0.3, 0.4) is 0 Å². The molecule has 1 fully saturated rings. The second-order valence-corrected chi connectivity index (χ2v) is 6.62. The molecule has 0 bridgehead atoms. The number of amides is 1. The van der Waals surface area contributed by atoms with Gasteiger partial charge < -0.3 is 10.6 Å². The minimum Gasteiger partial charge on any atom is -0.348 e. The molecule has 0 radical (unpaired) electrons. The molecule has 1 saturated heterocycles. The van der Waals surface area contributed by atoms with Crippen LogP contribution in [0.25, 0.3) is 10.4 Å². The van der Waals surface area contributed by atoms with E-state index >= 15 is 0 Å². The van der Waals surface area contributed by atoms with Crippen LogP contribution in [-0.2, 0) is 4.79 Å². The fourth-order valence-electron chi connectivity index (χ4n) is 2.81. The Balaban J connectivity index is 0.00000192. The van der Waals surface area contributed by atoms with Crippen LogP contribution in [0.5, 0.6) is 0 Å². The number of halogens is 1. The summed E-state index contributed by atoms with van der Waals surface area (Å²) in [5.74, 6) is 0.104. The van der Waals surface area contributed by atoms with Gasteiger partial charge in [-0.15, -0.1) is 23.7 Å². The first-order valence-corrected chi connectivity index (χ1v) is 8.57. The van der Waals surface area contributed by atoms with Crippen molar-refractivity contribution in [3.8, 4) is 10.4 Å². The number of carbonyl (C=O) groups is 1. The van der Waals surface area contributed by atoms with Gasteiger partial charge in [0.05, 0.1) is 28.2 Å². The number of thiazole rings is 1. The van der Waals surface area contributed by atoms with Gasteiger partial charge in [0, 0.05) is 0 Å². The molecule has 4 nitrogen and oxygen atoms in total. The van der Waals surface area contributed by atoms with Crippen molar-refractivity contribution in [2.75, 3.05) is 6.54 Å². The maximum atomic E-state index is 12.1. The van der Waals surface area contributed by atoms with E-state index in [-0.39, 0.29) is 30.4 Å². The molecule has 1 aliphatic rings. The molecule has 1 amide bonds. The number of nitrogens with zero attached hydrogens (tertiary/aromatic N) is 1. The third kappa shape index (κ3) is 4.10. The second-order valence-electron chi connectivity index (χ2n) is 5.77. The van der Waals surface area contributed by atoms with Crippen LogP contribution in [0.2, 0.25) is 0 Å². The molecule has 0 saturated carbocycles. The molecule has 23 heavy (non-hydrogen) atoms. The molecule has 0 spiro atoms. The maximum Gasteiger partial charge on any atom is 0.237 e. The van der Waals surface area contributed by atoms with Crippen molar-refractivity contribution in [2.45, 2.75) is 38.8 Å². The zero-order valence-corrected chi connectivity index (χ0v) is 15.0. The highest BCUT2D eigenvalue weighted by molar-refractivity contribution is 7.13. The number of rotatable bonds is 4. The number of aromatic nitrogens is 1. The lowest BCUT2D eigenvalue weighted by Crippen LogP contribution is -2.41. The van der Waals surface area contributed by atoms with E-state index < -0.39 is 0 Å². The van der Waals surface area contributed by atoms with Gasteiger partial charge >= 0.3 is 0 Å². The fraction of sp³-hybridized carbons (Fsp3) is 0.412. The Kier molecular flexibility index (Phi) is 6.16. The molecule has 1 aliphatic heterocycles. The first-order valence-electron chi connectivity index (χ1n) is 7.69. The fourth-order valence-corrected chi connectivity index (χ4v) is 3.62. The molecule has 2 atom stereocenters. The molecule has 2 aromatic rings. The lowest BCUT2D eigenvalue weighted by molar-refractivity contribution is -0.123. The van der Waals surface area contributed by atoms with E-state index in [1.54, 1.807) is 11.3 Å². The van der Waals surface area contributed by atoms with Crippen LogP contribution in [0.15, 0.2) is 29.8 Å². The van der Waals surface area contributed by atoms with Crippen LogP contribution >= 0.6 is 23.7 Å². The van der Waals surface area contributed by atoms with E-state index in [9.17, 15) is 4.79 Å². The molecule has 2 N–H and O–H groups in total. The first kappa shape index (κ1) is 17.9. The maximum absolute atomic E-state index is 12.1. The molecule has 3 rings (SSSR count). The Labute approximate surface area is 147 Å². The zero-order valence-electron chi connectivity index (χ0n) is 13.3. The standard InChI is InChI=1S/C17H21N3OS.ClH/c1-11(20-17(21)15-4-3-9-18-15)13-5-7-14(8-6-13)16-12(2)19-10-22-16;/h5-8,10-11,15,18H,3-4,9H2,1-2H3,(H,20,21);1H. The van der Waals surface area contributed by atoms with Gasteiger partial charge in [-0.2, -0.15) is 0 Å². The van der Waals surface area contributed by atoms with Crippen LogP contribution in [-0.4, -0.2) is 23.5 Å². The monoisotopic (exact) mass is 351 g/mol. The van der Waals surface area contributed by atoms with E-state index in [0.29, 0.717) is 0 Å². The van der Waals surface area contributed by atoms with Gasteiger partial charge in [-0.3, -0.25) is 4.79 Å². The summed E-state index contributed by atoms with van der Waals surface area (Å²) >= 11 is 1.66. The lowest BCUT2D eigenvalue weighted by atomic mass is 10.0. The highest BCUT2D eigenvalue weighted by Gasteiger charge is 2.23. The second kappa shape index (κ2) is 7.90. The van der Waals surface area contributed by atoms with Crippen LogP contribution in [0.4, 0.5) is 0 Å². The van der Waals surface area contributed by atoms with Crippen molar-refractivity contribution in [1.82, 2.24) is 15.6 Å². The number of benzene rings is 1. The summed E-state index contributed by atoms with van der Waals surface area (Å²) in [6.45, 7) is 4.99. The Morgan fingerprint density at radius 3 is 2.70 bits per heavy atom. The number of nitrogens with one attached hydrogen (secondary N) is 2. The minimum atomic E-state index is -0.0263. The van der Waals surface area contributed by atoms with Gasteiger partial charge in [0.2, 0.25) is 5.91 Å². The van der Waals surface area contributed by atoms with E-state index in [0.717, 1.165) is 30.6 Å². The Morgan fingerprint density at radius 2 is 2.13 bits per heavy atom. The summed E-state index contributed by atoms with van der Waals surface area (Å²) in [4.78, 5) is 17.6. The van der Waals surface area contributed by atoms with Crippen molar-refractivity contribution >= 4 is 29.7 Å². The van der Waals surface area contributed by atoms with Crippen LogP contribution in [0, 0.1) is 6.92 Å². The molecule has 2 heterocycles. The normalized spacial score (nSPS) is 18.3. The highest BCUT2D eigenvalue weighted by atomic mass is 35.5. The van der Waals surface area contributed by atoms with Gasteiger partial charge in [0.15, 0.2) is 0 Å². The third-order valence-corrected chi connectivity index (χ3v) is 5.13. The van der Waals surface area contributed by atoms with Gasteiger partial charge in [0.25, 0.3) is 0 Å². The molecule has 1 aromatic carbocycles.